The van der Waals surface area contributed by atoms with Gasteiger partial charge in [-0.25, -0.2) is 9.07 Å². The summed E-state index contributed by atoms with van der Waals surface area (Å²) in [7, 11) is 0. The second-order valence-electron chi connectivity index (χ2n) is 6.84. The molecule has 0 saturated carbocycles. The lowest BCUT2D eigenvalue weighted by Gasteiger charge is -2.12. The lowest BCUT2D eigenvalue weighted by molar-refractivity contribution is 0.102. The molecule has 6 heteroatoms. The van der Waals surface area contributed by atoms with Crippen molar-refractivity contribution in [1.82, 2.24) is 14.3 Å². The molecule has 2 aromatic heterocycles. The number of carbonyl (C=O) groups excluding carboxylic acids is 1. The molecule has 26 heavy (non-hydrogen) atoms. The summed E-state index contributed by atoms with van der Waals surface area (Å²) < 4.78 is 16.9. The maximum Gasteiger partial charge on any atom is 0.258 e. The summed E-state index contributed by atoms with van der Waals surface area (Å²) in [4.78, 5) is 12.8. The molecule has 3 rings (SSSR count). The highest BCUT2D eigenvalue weighted by Crippen LogP contribution is 2.22. The average Bonchev–Trinajstić information content (AvgIpc) is 3.12. The molecule has 0 spiro atoms. The first kappa shape index (κ1) is 17.9. The molecule has 5 nitrogen and oxygen atoms in total. The van der Waals surface area contributed by atoms with Crippen LogP contribution in [0.15, 0.2) is 42.6 Å². The zero-order chi connectivity index (χ0) is 18.8. The first-order valence-electron chi connectivity index (χ1n) is 8.65. The van der Waals surface area contributed by atoms with Crippen LogP contribution < -0.4 is 5.32 Å². The SMILES string of the molecule is Cc1cc(C(=O)Nc2ccnn2CC(C)C)c(C)n1-c1ccc(F)cc1. The molecular weight excluding hydrogens is 331 g/mol. The topological polar surface area (TPSA) is 51.9 Å². The van der Waals surface area contributed by atoms with Crippen LogP contribution in [-0.2, 0) is 6.54 Å². The standard InChI is InChI=1S/C20H23FN4O/c1-13(2)12-24-19(9-10-22-24)23-20(26)18-11-14(3)25(15(18)4)17-7-5-16(21)6-8-17/h5-11,13H,12H2,1-4H3,(H,23,26). The Labute approximate surface area is 152 Å². The Morgan fingerprint density at radius 1 is 1.19 bits per heavy atom. The summed E-state index contributed by atoms with van der Waals surface area (Å²) in [6.07, 6.45) is 1.68. The molecule has 3 aromatic rings. The van der Waals surface area contributed by atoms with Gasteiger partial charge in [0.1, 0.15) is 11.6 Å². The van der Waals surface area contributed by atoms with Gasteiger partial charge in [0.15, 0.2) is 0 Å². The molecule has 0 fully saturated rings. The molecule has 0 aliphatic rings. The van der Waals surface area contributed by atoms with E-state index in [1.54, 1.807) is 29.1 Å². The predicted octanol–water partition coefficient (Wildman–Crippen LogP) is 4.34. The molecule has 0 saturated heterocycles. The summed E-state index contributed by atoms with van der Waals surface area (Å²) in [6, 6.07) is 9.87. The summed E-state index contributed by atoms with van der Waals surface area (Å²) in [5.41, 5.74) is 3.13. The molecule has 0 aliphatic carbocycles. The zero-order valence-corrected chi connectivity index (χ0v) is 15.5. The van der Waals surface area contributed by atoms with Crippen LogP contribution in [0.2, 0.25) is 0 Å². The van der Waals surface area contributed by atoms with Gasteiger partial charge in [-0.15, -0.1) is 0 Å². The number of carbonyl (C=O) groups is 1. The van der Waals surface area contributed by atoms with E-state index in [0.29, 0.717) is 17.3 Å². The van der Waals surface area contributed by atoms with E-state index in [-0.39, 0.29) is 11.7 Å². The van der Waals surface area contributed by atoms with Crippen molar-refractivity contribution in [2.45, 2.75) is 34.2 Å². The first-order valence-corrected chi connectivity index (χ1v) is 8.65. The quantitative estimate of drug-likeness (QED) is 0.741. The van der Waals surface area contributed by atoms with Crippen LogP contribution in [0.1, 0.15) is 35.6 Å². The fourth-order valence-corrected chi connectivity index (χ4v) is 3.09. The Bertz CT molecular complexity index is 922. The second kappa shape index (κ2) is 7.15. The minimum Gasteiger partial charge on any atom is -0.318 e. The summed E-state index contributed by atoms with van der Waals surface area (Å²) in [5, 5.41) is 7.21. The van der Waals surface area contributed by atoms with Crippen molar-refractivity contribution in [3.05, 3.63) is 65.4 Å². The monoisotopic (exact) mass is 354 g/mol. The van der Waals surface area contributed by atoms with E-state index in [4.69, 9.17) is 0 Å². The van der Waals surface area contributed by atoms with Crippen LogP contribution in [0, 0.1) is 25.6 Å². The third-order valence-electron chi connectivity index (χ3n) is 4.26. The van der Waals surface area contributed by atoms with Gasteiger partial charge in [0.25, 0.3) is 5.91 Å². The van der Waals surface area contributed by atoms with Gasteiger partial charge in [0.05, 0.1) is 11.8 Å². The maximum atomic E-state index is 13.2. The number of aryl methyl sites for hydroxylation is 1. The van der Waals surface area contributed by atoms with Crippen molar-refractivity contribution >= 4 is 11.7 Å². The minimum absolute atomic E-state index is 0.183. The molecule has 0 radical (unpaired) electrons. The Balaban J connectivity index is 1.88. The third-order valence-corrected chi connectivity index (χ3v) is 4.26. The molecule has 1 N–H and O–H groups in total. The highest BCUT2D eigenvalue weighted by molar-refractivity contribution is 6.05. The number of nitrogens with one attached hydrogen (secondary N) is 1. The number of anilines is 1. The average molecular weight is 354 g/mol. The van der Waals surface area contributed by atoms with Crippen LogP contribution in [0.25, 0.3) is 5.69 Å². The Kier molecular flexibility index (Phi) is 4.93. The number of halogens is 1. The van der Waals surface area contributed by atoms with E-state index in [1.165, 1.54) is 12.1 Å². The van der Waals surface area contributed by atoms with Crippen LogP contribution in [0.4, 0.5) is 10.2 Å². The van der Waals surface area contributed by atoms with Gasteiger partial charge in [-0.2, -0.15) is 5.10 Å². The van der Waals surface area contributed by atoms with Gasteiger partial charge in [0.2, 0.25) is 0 Å². The van der Waals surface area contributed by atoms with Gasteiger partial charge in [0, 0.05) is 29.7 Å². The molecule has 0 atom stereocenters. The van der Waals surface area contributed by atoms with Gasteiger partial charge in [-0.3, -0.25) is 4.79 Å². The Hall–Kier alpha value is -2.89. The molecule has 0 bridgehead atoms. The summed E-state index contributed by atoms with van der Waals surface area (Å²) in [6.45, 7) is 8.75. The van der Waals surface area contributed by atoms with E-state index >= 15 is 0 Å². The number of hydrogen-bond donors (Lipinski definition) is 1. The van der Waals surface area contributed by atoms with Gasteiger partial charge >= 0.3 is 0 Å². The smallest absolute Gasteiger partial charge is 0.258 e. The molecule has 136 valence electrons. The van der Waals surface area contributed by atoms with Crippen molar-refractivity contribution < 1.29 is 9.18 Å². The number of amides is 1. The predicted molar refractivity (Wildman–Crippen MR) is 100 cm³/mol. The molecular formula is C20H23FN4O. The van der Waals surface area contributed by atoms with Crippen molar-refractivity contribution in [2.24, 2.45) is 5.92 Å². The second-order valence-corrected chi connectivity index (χ2v) is 6.84. The summed E-state index contributed by atoms with van der Waals surface area (Å²) >= 11 is 0. The van der Waals surface area contributed by atoms with Crippen LogP contribution >= 0.6 is 0 Å². The highest BCUT2D eigenvalue weighted by Gasteiger charge is 2.18. The van der Waals surface area contributed by atoms with Crippen molar-refractivity contribution in [3.8, 4) is 5.69 Å². The lowest BCUT2D eigenvalue weighted by atomic mass is 10.2. The van der Waals surface area contributed by atoms with Crippen molar-refractivity contribution in [2.75, 3.05) is 5.32 Å². The fraction of sp³-hybridized carbons (Fsp3) is 0.300. The number of aromatic nitrogens is 3. The van der Waals surface area contributed by atoms with E-state index in [1.807, 2.05) is 24.5 Å². The highest BCUT2D eigenvalue weighted by atomic mass is 19.1. The maximum absolute atomic E-state index is 13.2. The normalized spacial score (nSPS) is 11.2. The van der Waals surface area contributed by atoms with Crippen LogP contribution in [0.5, 0.6) is 0 Å². The zero-order valence-electron chi connectivity index (χ0n) is 15.5. The van der Waals surface area contributed by atoms with Crippen molar-refractivity contribution in [3.63, 3.8) is 0 Å². The third kappa shape index (κ3) is 3.54. The fourth-order valence-electron chi connectivity index (χ4n) is 3.09. The first-order chi connectivity index (χ1) is 12.4. The van der Waals surface area contributed by atoms with E-state index in [0.717, 1.165) is 23.6 Å². The van der Waals surface area contributed by atoms with E-state index < -0.39 is 0 Å². The largest absolute Gasteiger partial charge is 0.318 e. The minimum atomic E-state index is -0.285. The van der Waals surface area contributed by atoms with Crippen LogP contribution in [0.3, 0.4) is 0 Å². The van der Waals surface area contributed by atoms with E-state index in [9.17, 15) is 9.18 Å². The van der Waals surface area contributed by atoms with Gasteiger partial charge in [-0.1, -0.05) is 13.8 Å². The van der Waals surface area contributed by atoms with Crippen molar-refractivity contribution in [1.29, 1.82) is 0 Å². The number of rotatable bonds is 5. The van der Waals surface area contributed by atoms with Crippen LogP contribution in [-0.4, -0.2) is 20.3 Å². The van der Waals surface area contributed by atoms with Gasteiger partial charge < -0.3 is 9.88 Å². The lowest BCUT2D eigenvalue weighted by Crippen LogP contribution is -2.17. The molecule has 0 unspecified atom stereocenters. The summed E-state index contributed by atoms with van der Waals surface area (Å²) in [5.74, 6) is 0.633. The Morgan fingerprint density at radius 3 is 2.54 bits per heavy atom. The number of hydrogen-bond acceptors (Lipinski definition) is 2. The Morgan fingerprint density at radius 2 is 1.88 bits per heavy atom. The number of nitrogens with zero attached hydrogens (tertiary/aromatic N) is 3. The molecule has 1 amide bonds. The number of benzene rings is 1. The molecule has 1 aromatic carbocycles. The molecule has 2 heterocycles. The van der Waals surface area contributed by atoms with Gasteiger partial charge in [-0.05, 0) is 50.1 Å². The molecule has 0 aliphatic heterocycles. The van der Waals surface area contributed by atoms with E-state index in [2.05, 4.69) is 24.3 Å².